The summed E-state index contributed by atoms with van der Waals surface area (Å²) >= 11 is 0. The minimum Gasteiger partial charge on any atom is -0.459 e. The lowest BCUT2D eigenvalue weighted by Crippen LogP contribution is -2.39. The van der Waals surface area contributed by atoms with Crippen LogP contribution in [-0.2, 0) is 6.54 Å². The zero-order valence-corrected chi connectivity index (χ0v) is 17.8. The second-order valence-electron chi connectivity index (χ2n) is 9.22. The minimum atomic E-state index is 0.0342. The first-order valence-electron chi connectivity index (χ1n) is 11.7. The molecule has 4 heterocycles. The Bertz CT molecular complexity index is 868. The van der Waals surface area contributed by atoms with Crippen molar-refractivity contribution < 1.29 is 9.21 Å². The fraction of sp³-hybridized carbons (Fsp3) is 0.560. The zero-order chi connectivity index (χ0) is 20.3. The number of hydrogen-bond acceptors (Lipinski definition) is 3. The van der Waals surface area contributed by atoms with Gasteiger partial charge >= 0.3 is 0 Å². The van der Waals surface area contributed by atoms with Gasteiger partial charge in [0.2, 0.25) is 0 Å². The van der Waals surface area contributed by atoms with Crippen molar-refractivity contribution in [3.05, 3.63) is 53.9 Å². The van der Waals surface area contributed by atoms with Gasteiger partial charge in [-0.25, -0.2) is 0 Å². The van der Waals surface area contributed by atoms with Gasteiger partial charge in [0.1, 0.15) is 0 Å². The van der Waals surface area contributed by atoms with E-state index in [2.05, 4.69) is 34.0 Å². The smallest absolute Gasteiger partial charge is 0.289 e. The van der Waals surface area contributed by atoms with Gasteiger partial charge in [-0.15, -0.1) is 0 Å². The van der Waals surface area contributed by atoms with Crippen molar-refractivity contribution in [2.75, 3.05) is 19.6 Å². The molecule has 5 nitrogen and oxygen atoms in total. The molecule has 1 saturated heterocycles. The third-order valence-corrected chi connectivity index (χ3v) is 7.31. The number of carbonyl (C=O) groups excluding carboxylic acids is 1. The lowest BCUT2D eigenvalue weighted by atomic mass is 9.87. The Balaban J connectivity index is 1.10. The van der Waals surface area contributed by atoms with Crippen molar-refractivity contribution in [1.82, 2.24) is 14.4 Å². The molecule has 2 aromatic heterocycles. The Morgan fingerprint density at radius 1 is 1.00 bits per heavy atom. The zero-order valence-electron chi connectivity index (χ0n) is 17.8. The molecule has 5 heteroatoms. The van der Waals surface area contributed by atoms with Crippen LogP contribution in [0.3, 0.4) is 0 Å². The molecule has 0 radical (unpaired) electrons. The summed E-state index contributed by atoms with van der Waals surface area (Å²) in [6.07, 6.45) is 16.4. The standard InChI is InChI=1S/C25H33N3O2/c29-25(24-7-4-18-30-24)27-14-11-20(12-15-27)10-13-26-16-17-28-22(19-26)8-9-23(28)21-5-2-1-3-6-21/h4,7-9,16-18,20-21H,1-3,5-6,10-15,19H2. The van der Waals surface area contributed by atoms with E-state index in [0.717, 1.165) is 44.9 Å². The van der Waals surface area contributed by atoms with E-state index < -0.39 is 0 Å². The molecule has 2 aromatic rings. The van der Waals surface area contributed by atoms with Crippen molar-refractivity contribution in [3.8, 4) is 0 Å². The number of aromatic nitrogens is 1. The number of furan rings is 1. The summed E-state index contributed by atoms with van der Waals surface area (Å²) in [5.41, 5.74) is 2.95. The van der Waals surface area contributed by atoms with Gasteiger partial charge in [-0.05, 0) is 68.2 Å². The number of hydrogen-bond donors (Lipinski definition) is 0. The van der Waals surface area contributed by atoms with Crippen LogP contribution in [0.2, 0.25) is 0 Å². The molecule has 30 heavy (non-hydrogen) atoms. The summed E-state index contributed by atoms with van der Waals surface area (Å²) in [6, 6.07) is 8.23. The van der Waals surface area contributed by atoms with Crippen LogP contribution < -0.4 is 0 Å². The predicted molar refractivity (Wildman–Crippen MR) is 118 cm³/mol. The fourth-order valence-electron chi connectivity index (χ4n) is 5.45. The quantitative estimate of drug-likeness (QED) is 0.674. The monoisotopic (exact) mass is 407 g/mol. The Kier molecular flexibility index (Phi) is 5.69. The molecule has 0 spiro atoms. The maximum atomic E-state index is 12.4. The minimum absolute atomic E-state index is 0.0342. The molecular formula is C25H33N3O2. The molecule has 0 bridgehead atoms. The third-order valence-electron chi connectivity index (χ3n) is 7.31. The second kappa shape index (κ2) is 8.75. The van der Waals surface area contributed by atoms with Crippen LogP contribution in [0, 0.1) is 5.92 Å². The summed E-state index contributed by atoms with van der Waals surface area (Å²) in [4.78, 5) is 16.8. The normalized spacial score (nSPS) is 20.5. The molecule has 3 aliphatic rings. The number of fused-ring (bicyclic) bond motifs is 1. The van der Waals surface area contributed by atoms with Crippen LogP contribution in [0.4, 0.5) is 0 Å². The molecule has 1 aliphatic carbocycles. The van der Waals surface area contributed by atoms with E-state index in [1.807, 2.05) is 4.90 Å². The number of amides is 1. The fourth-order valence-corrected chi connectivity index (χ4v) is 5.45. The van der Waals surface area contributed by atoms with Crippen molar-refractivity contribution in [2.45, 2.75) is 63.8 Å². The lowest BCUT2D eigenvalue weighted by Gasteiger charge is -2.33. The molecule has 160 valence electrons. The van der Waals surface area contributed by atoms with Gasteiger partial charge in [-0.3, -0.25) is 4.79 Å². The molecular weight excluding hydrogens is 374 g/mol. The Hall–Kier alpha value is -2.43. The van der Waals surface area contributed by atoms with Crippen LogP contribution in [0.1, 0.15) is 79.2 Å². The van der Waals surface area contributed by atoms with Gasteiger partial charge in [0.15, 0.2) is 5.76 Å². The van der Waals surface area contributed by atoms with E-state index in [9.17, 15) is 4.79 Å². The number of likely N-dealkylation sites (tertiary alicyclic amines) is 1. The van der Waals surface area contributed by atoms with Crippen molar-refractivity contribution in [1.29, 1.82) is 0 Å². The lowest BCUT2D eigenvalue weighted by molar-refractivity contribution is 0.0651. The van der Waals surface area contributed by atoms with Gasteiger partial charge < -0.3 is 18.8 Å². The molecule has 0 atom stereocenters. The first kappa shape index (κ1) is 19.5. The van der Waals surface area contributed by atoms with Gasteiger partial charge in [0, 0.05) is 43.4 Å². The van der Waals surface area contributed by atoms with Crippen molar-refractivity contribution in [3.63, 3.8) is 0 Å². The van der Waals surface area contributed by atoms with E-state index in [1.165, 1.54) is 49.9 Å². The van der Waals surface area contributed by atoms with Crippen molar-refractivity contribution >= 4 is 12.1 Å². The van der Waals surface area contributed by atoms with E-state index >= 15 is 0 Å². The predicted octanol–water partition coefficient (Wildman–Crippen LogP) is 5.32. The van der Waals surface area contributed by atoms with Crippen LogP contribution in [0.5, 0.6) is 0 Å². The Labute approximate surface area is 179 Å². The number of carbonyl (C=O) groups is 1. The summed E-state index contributed by atoms with van der Waals surface area (Å²) < 4.78 is 7.71. The summed E-state index contributed by atoms with van der Waals surface area (Å²) in [6.45, 7) is 3.79. The van der Waals surface area contributed by atoms with Crippen LogP contribution in [-0.4, -0.2) is 39.9 Å². The van der Waals surface area contributed by atoms with Gasteiger partial charge in [-0.2, -0.15) is 0 Å². The maximum absolute atomic E-state index is 12.4. The van der Waals surface area contributed by atoms with Crippen LogP contribution >= 0.6 is 0 Å². The summed E-state index contributed by atoms with van der Waals surface area (Å²) in [5, 5.41) is 0. The average molecular weight is 408 g/mol. The molecule has 0 N–H and O–H groups in total. The summed E-state index contributed by atoms with van der Waals surface area (Å²) in [7, 11) is 0. The van der Waals surface area contributed by atoms with E-state index in [0.29, 0.717) is 11.7 Å². The highest BCUT2D eigenvalue weighted by molar-refractivity contribution is 5.91. The van der Waals surface area contributed by atoms with Crippen LogP contribution in [0.15, 0.2) is 41.1 Å². The Morgan fingerprint density at radius 2 is 1.83 bits per heavy atom. The first-order chi connectivity index (χ1) is 14.8. The highest BCUT2D eigenvalue weighted by Gasteiger charge is 2.26. The first-order valence-corrected chi connectivity index (χ1v) is 11.7. The van der Waals surface area contributed by atoms with Gasteiger partial charge in [0.05, 0.1) is 12.8 Å². The van der Waals surface area contributed by atoms with E-state index in [-0.39, 0.29) is 5.91 Å². The topological polar surface area (TPSA) is 41.6 Å². The largest absolute Gasteiger partial charge is 0.459 e. The molecule has 2 aliphatic heterocycles. The number of rotatable bonds is 5. The SMILES string of the molecule is O=C(c1ccco1)N1CCC(CCN2C=Cn3c(ccc3C3CCCCC3)C2)CC1. The third kappa shape index (κ3) is 4.07. The highest BCUT2D eigenvalue weighted by atomic mass is 16.3. The molecule has 1 amide bonds. The maximum Gasteiger partial charge on any atom is 0.289 e. The molecule has 5 rings (SSSR count). The van der Waals surface area contributed by atoms with Gasteiger partial charge in [-0.1, -0.05) is 19.3 Å². The second-order valence-corrected chi connectivity index (χ2v) is 9.22. The number of nitrogens with zero attached hydrogens (tertiary/aromatic N) is 3. The highest BCUT2D eigenvalue weighted by Crippen LogP contribution is 2.35. The van der Waals surface area contributed by atoms with E-state index in [4.69, 9.17) is 4.42 Å². The number of piperidine rings is 1. The Morgan fingerprint density at radius 3 is 2.60 bits per heavy atom. The van der Waals surface area contributed by atoms with Gasteiger partial charge in [0.25, 0.3) is 5.91 Å². The molecule has 0 aromatic carbocycles. The van der Waals surface area contributed by atoms with E-state index in [1.54, 1.807) is 18.4 Å². The molecule has 1 saturated carbocycles. The summed E-state index contributed by atoms with van der Waals surface area (Å²) in [5.74, 6) is 1.94. The molecule has 2 fully saturated rings. The average Bonchev–Trinajstić information content (AvgIpc) is 3.48. The van der Waals surface area contributed by atoms with Crippen LogP contribution in [0.25, 0.3) is 6.20 Å². The van der Waals surface area contributed by atoms with Crippen molar-refractivity contribution in [2.24, 2.45) is 5.92 Å². The molecule has 0 unspecified atom stereocenters.